The maximum atomic E-state index is 11.1. The lowest BCUT2D eigenvalue weighted by Crippen LogP contribution is -2.12. The van der Waals surface area contributed by atoms with Crippen LogP contribution in [0.3, 0.4) is 0 Å². The Kier molecular flexibility index (Phi) is 16.7. The second-order valence-corrected chi connectivity index (χ2v) is 11.2. The first-order chi connectivity index (χ1) is 19.0. The summed E-state index contributed by atoms with van der Waals surface area (Å²) in [4.78, 5) is 15.7. The summed E-state index contributed by atoms with van der Waals surface area (Å²) in [5.74, 6) is 3.25. The van der Waals surface area contributed by atoms with Gasteiger partial charge in [0, 0.05) is 11.3 Å². The van der Waals surface area contributed by atoms with Crippen LogP contribution in [-0.4, -0.2) is 30.1 Å². The molecule has 0 amide bonds. The number of ether oxygens (including phenoxy) is 2. The number of rotatable bonds is 9. The number of hydrogen-bond acceptors (Lipinski definition) is 4. The van der Waals surface area contributed by atoms with Crippen molar-refractivity contribution >= 4 is 23.2 Å². The third-order valence-corrected chi connectivity index (χ3v) is 6.52. The van der Waals surface area contributed by atoms with Crippen molar-refractivity contribution in [3.63, 3.8) is 0 Å². The van der Waals surface area contributed by atoms with Crippen molar-refractivity contribution in [2.75, 3.05) is 12.4 Å². The molecule has 40 heavy (non-hydrogen) atoms. The van der Waals surface area contributed by atoms with Gasteiger partial charge in [-0.2, -0.15) is 0 Å². The average Bonchev–Trinajstić information content (AvgIpc) is 2.87. The van der Waals surface area contributed by atoms with Crippen LogP contribution in [0.4, 0.5) is 11.4 Å². The van der Waals surface area contributed by atoms with E-state index in [9.17, 15) is 4.79 Å². The number of methoxy groups -OCH3 is 1. The molecule has 0 radical (unpaired) electrons. The van der Waals surface area contributed by atoms with Gasteiger partial charge in [0.2, 0.25) is 0 Å². The Balaban J connectivity index is 0.000000508. The summed E-state index contributed by atoms with van der Waals surface area (Å²) in [6.45, 7) is 16.7. The van der Waals surface area contributed by atoms with Gasteiger partial charge in [0.15, 0.2) is 0 Å². The van der Waals surface area contributed by atoms with Crippen molar-refractivity contribution in [2.24, 2.45) is 16.8 Å². The van der Waals surface area contributed by atoms with Crippen molar-refractivity contribution in [2.45, 2.75) is 113 Å². The number of carbonyl (C=O) groups is 1. The summed E-state index contributed by atoms with van der Waals surface area (Å²) in [6.07, 6.45) is 10.1. The van der Waals surface area contributed by atoms with E-state index in [2.05, 4.69) is 38.0 Å². The minimum atomic E-state index is -0.911. The minimum Gasteiger partial charge on any atom is -0.496 e. The van der Waals surface area contributed by atoms with Gasteiger partial charge in [-0.25, -0.2) is 4.99 Å². The number of aliphatic carboxylic acids is 1. The standard InChI is InChI=1S/C21H26N2O4.C10H20.C3H8/c1-13(2)27-18-8-6-17(7-9-18)22-15(4)23-19-11-16(12-21(24)25)20(26-5)10-14(19)3;1-3-5-10-7-4-6-9(2)8-10;1-3-2/h6-11,13H,12H2,1-5H3,(H,22,23)(H,24,25);9-10H,3-8H2,1-2H3;3H2,1-2H3. The lowest BCUT2D eigenvalue weighted by molar-refractivity contribution is -0.136. The molecular weight excluding hydrogens is 500 g/mol. The number of anilines is 1. The molecule has 1 aliphatic carbocycles. The Bertz CT molecular complexity index is 1030. The molecule has 1 aliphatic rings. The van der Waals surface area contributed by atoms with Gasteiger partial charge >= 0.3 is 5.97 Å². The topological polar surface area (TPSA) is 80.1 Å². The molecule has 0 bridgehead atoms. The van der Waals surface area contributed by atoms with E-state index in [-0.39, 0.29) is 12.5 Å². The van der Waals surface area contributed by atoms with E-state index in [0.717, 1.165) is 28.8 Å². The van der Waals surface area contributed by atoms with Gasteiger partial charge in [0.05, 0.1) is 25.3 Å². The third-order valence-electron chi connectivity index (χ3n) is 6.52. The molecule has 2 unspecified atom stereocenters. The van der Waals surface area contributed by atoms with Crippen LogP contribution in [-0.2, 0) is 11.2 Å². The monoisotopic (exact) mass is 554 g/mol. The van der Waals surface area contributed by atoms with Gasteiger partial charge in [0.25, 0.3) is 0 Å². The Labute approximate surface area is 243 Å². The molecule has 6 nitrogen and oxygen atoms in total. The highest BCUT2D eigenvalue weighted by molar-refractivity contribution is 5.95. The number of aryl methyl sites for hydroxylation is 1. The molecule has 3 rings (SSSR count). The first-order valence-electron chi connectivity index (χ1n) is 15.0. The van der Waals surface area contributed by atoms with Crippen LogP contribution in [0.2, 0.25) is 0 Å². The number of carboxylic acids is 1. The molecule has 0 aromatic heterocycles. The fraction of sp³-hybridized carbons (Fsp3) is 0.588. The summed E-state index contributed by atoms with van der Waals surface area (Å²) in [5.41, 5.74) is 3.10. The molecule has 0 spiro atoms. The number of carboxylic acid groups (broad SMARTS) is 1. The lowest BCUT2D eigenvalue weighted by Gasteiger charge is -2.26. The SMILES string of the molecule is CCC.CCCC1CCCC(C)C1.COc1cc(C)c(N=C(C)Nc2ccc(OC(C)C)cc2)cc1CC(=O)O. The number of nitrogens with zero attached hydrogens (tertiary/aromatic N) is 1. The highest BCUT2D eigenvalue weighted by Crippen LogP contribution is 2.31. The summed E-state index contributed by atoms with van der Waals surface area (Å²) < 4.78 is 10.9. The molecule has 2 aromatic carbocycles. The van der Waals surface area contributed by atoms with E-state index in [0.29, 0.717) is 22.8 Å². The van der Waals surface area contributed by atoms with Gasteiger partial charge in [0.1, 0.15) is 17.3 Å². The fourth-order valence-corrected chi connectivity index (χ4v) is 4.86. The third kappa shape index (κ3) is 13.9. The maximum Gasteiger partial charge on any atom is 0.307 e. The number of benzene rings is 2. The van der Waals surface area contributed by atoms with Gasteiger partial charge in [-0.1, -0.05) is 66.2 Å². The predicted molar refractivity (Wildman–Crippen MR) is 170 cm³/mol. The zero-order valence-corrected chi connectivity index (χ0v) is 26.5. The molecule has 2 atom stereocenters. The number of amidine groups is 1. The van der Waals surface area contributed by atoms with Crippen LogP contribution >= 0.6 is 0 Å². The van der Waals surface area contributed by atoms with E-state index in [4.69, 9.17) is 14.6 Å². The normalized spacial score (nSPS) is 16.7. The second-order valence-electron chi connectivity index (χ2n) is 11.2. The molecule has 1 saturated carbocycles. The van der Waals surface area contributed by atoms with Gasteiger partial charge in [-0.15, -0.1) is 0 Å². The molecular formula is C34H54N2O4. The first-order valence-corrected chi connectivity index (χ1v) is 15.0. The molecule has 224 valence electrons. The number of nitrogens with one attached hydrogen (secondary N) is 1. The summed E-state index contributed by atoms with van der Waals surface area (Å²) >= 11 is 0. The Morgan fingerprint density at radius 3 is 2.30 bits per heavy atom. The van der Waals surface area contributed by atoms with Gasteiger partial charge in [-0.3, -0.25) is 4.79 Å². The highest BCUT2D eigenvalue weighted by Gasteiger charge is 2.17. The Morgan fingerprint density at radius 2 is 1.77 bits per heavy atom. The molecule has 2 N–H and O–H groups in total. The van der Waals surface area contributed by atoms with Gasteiger partial charge < -0.3 is 19.9 Å². The van der Waals surface area contributed by atoms with Crippen molar-refractivity contribution in [1.82, 2.24) is 0 Å². The van der Waals surface area contributed by atoms with E-state index < -0.39 is 5.97 Å². The Morgan fingerprint density at radius 1 is 1.12 bits per heavy atom. The van der Waals surface area contributed by atoms with Crippen molar-refractivity contribution in [1.29, 1.82) is 0 Å². The summed E-state index contributed by atoms with van der Waals surface area (Å²) in [6, 6.07) is 11.2. The quantitative estimate of drug-likeness (QED) is 0.238. The predicted octanol–water partition coefficient (Wildman–Crippen LogP) is 9.61. The largest absolute Gasteiger partial charge is 0.496 e. The van der Waals surface area contributed by atoms with Crippen LogP contribution in [0.1, 0.15) is 105 Å². The van der Waals surface area contributed by atoms with Crippen LogP contribution in [0.15, 0.2) is 41.4 Å². The summed E-state index contributed by atoms with van der Waals surface area (Å²) in [5, 5.41) is 12.3. The van der Waals surface area contributed by atoms with Crippen LogP contribution in [0.5, 0.6) is 11.5 Å². The molecule has 1 fully saturated rings. The summed E-state index contributed by atoms with van der Waals surface area (Å²) in [7, 11) is 1.53. The zero-order chi connectivity index (χ0) is 30.1. The maximum absolute atomic E-state index is 11.1. The second kappa shape index (κ2) is 19.1. The smallest absolute Gasteiger partial charge is 0.307 e. The van der Waals surface area contributed by atoms with Crippen molar-refractivity contribution in [3.8, 4) is 11.5 Å². The van der Waals surface area contributed by atoms with E-state index in [1.54, 1.807) is 6.07 Å². The van der Waals surface area contributed by atoms with E-state index >= 15 is 0 Å². The van der Waals surface area contributed by atoms with Crippen LogP contribution in [0.25, 0.3) is 0 Å². The van der Waals surface area contributed by atoms with E-state index in [1.807, 2.05) is 58.0 Å². The highest BCUT2D eigenvalue weighted by atomic mass is 16.5. The first kappa shape index (κ1) is 35.0. The van der Waals surface area contributed by atoms with Crippen LogP contribution in [0, 0.1) is 18.8 Å². The van der Waals surface area contributed by atoms with Crippen LogP contribution < -0.4 is 14.8 Å². The zero-order valence-electron chi connectivity index (χ0n) is 26.5. The number of aliphatic imine (C=N–C) groups is 1. The average molecular weight is 555 g/mol. The molecule has 6 heteroatoms. The fourth-order valence-electron chi connectivity index (χ4n) is 4.86. The molecule has 0 aliphatic heterocycles. The lowest BCUT2D eigenvalue weighted by atomic mass is 9.80. The number of hydrogen-bond donors (Lipinski definition) is 2. The van der Waals surface area contributed by atoms with Gasteiger partial charge in [-0.05, 0) is 87.9 Å². The molecule has 0 saturated heterocycles. The molecule has 2 aromatic rings. The van der Waals surface area contributed by atoms with E-state index in [1.165, 1.54) is 52.1 Å². The van der Waals surface area contributed by atoms with Crippen molar-refractivity contribution < 1.29 is 19.4 Å². The van der Waals surface area contributed by atoms with Crippen molar-refractivity contribution in [3.05, 3.63) is 47.5 Å². The molecule has 0 heterocycles. The Hall–Kier alpha value is -3.02. The minimum absolute atomic E-state index is 0.115.